The second-order valence-corrected chi connectivity index (χ2v) is 4.22. The van der Waals surface area contributed by atoms with E-state index in [0.29, 0.717) is 0 Å². The van der Waals surface area contributed by atoms with Gasteiger partial charge in [0.25, 0.3) is 0 Å². The van der Waals surface area contributed by atoms with Gasteiger partial charge < -0.3 is 4.90 Å². The SMILES string of the molecule is CC.CN1CC[NH+](Cc2ccccc2)CC1. The quantitative estimate of drug-likeness (QED) is 0.784. The first-order valence-corrected chi connectivity index (χ1v) is 6.40. The smallest absolute Gasteiger partial charge is 0.103 e. The maximum Gasteiger partial charge on any atom is 0.103 e. The standard InChI is InChI=1S/C12H18N2.C2H6/c1-13-7-9-14(10-8-13)11-12-5-3-2-4-6-12;1-2/h2-6H,7-11H2,1H3;1-2H3/p+1. The Morgan fingerprint density at radius 1 is 1.06 bits per heavy atom. The number of nitrogens with one attached hydrogen (secondary N) is 1. The summed E-state index contributed by atoms with van der Waals surface area (Å²) in [5, 5.41) is 0. The Morgan fingerprint density at radius 2 is 1.62 bits per heavy atom. The van der Waals surface area contributed by atoms with Crippen LogP contribution < -0.4 is 4.90 Å². The van der Waals surface area contributed by atoms with Crippen LogP contribution >= 0.6 is 0 Å². The van der Waals surface area contributed by atoms with Gasteiger partial charge in [-0.25, -0.2) is 0 Å². The van der Waals surface area contributed by atoms with Crippen LogP contribution in [0.4, 0.5) is 0 Å². The summed E-state index contributed by atoms with van der Waals surface area (Å²) in [4.78, 5) is 4.13. The summed E-state index contributed by atoms with van der Waals surface area (Å²) in [5.41, 5.74) is 1.46. The first kappa shape index (κ1) is 13.2. The lowest BCUT2D eigenvalue weighted by Gasteiger charge is -2.29. The normalized spacial score (nSPS) is 17.7. The highest BCUT2D eigenvalue weighted by atomic mass is 15.2. The molecule has 0 aliphatic carbocycles. The summed E-state index contributed by atoms with van der Waals surface area (Å²) in [6, 6.07) is 10.8. The van der Waals surface area contributed by atoms with Crippen LogP contribution in [0, 0.1) is 0 Å². The fraction of sp³-hybridized carbons (Fsp3) is 0.571. The Morgan fingerprint density at radius 3 is 2.19 bits per heavy atom. The summed E-state index contributed by atoms with van der Waals surface area (Å²) >= 11 is 0. The van der Waals surface area contributed by atoms with Crippen LogP contribution in [-0.4, -0.2) is 38.1 Å². The van der Waals surface area contributed by atoms with E-state index in [4.69, 9.17) is 0 Å². The van der Waals surface area contributed by atoms with E-state index >= 15 is 0 Å². The molecule has 1 aromatic carbocycles. The van der Waals surface area contributed by atoms with Gasteiger partial charge in [0.15, 0.2) is 0 Å². The number of rotatable bonds is 2. The van der Waals surface area contributed by atoms with Gasteiger partial charge in [-0.05, 0) is 7.05 Å². The third-order valence-corrected chi connectivity index (χ3v) is 2.99. The molecule has 1 saturated heterocycles. The van der Waals surface area contributed by atoms with Gasteiger partial charge in [-0.1, -0.05) is 44.2 Å². The number of hydrogen-bond donors (Lipinski definition) is 1. The topological polar surface area (TPSA) is 7.68 Å². The number of piperazine rings is 1. The minimum Gasteiger partial charge on any atom is -0.329 e. The van der Waals surface area contributed by atoms with E-state index < -0.39 is 0 Å². The number of hydrogen-bond acceptors (Lipinski definition) is 1. The molecule has 0 amide bonds. The molecule has 1 aliphatic heterocycles. The van der Waals surface area contributed by atoms with Gasteiger partial charge in [0.05, 0.1) is 13.1 Å². The van der Waals surface area contributed by atoms with Crippen LogP contribution in [0.25, 0.3) is 0 Å². The van der Waals surface area contributed by atoms with Gasteiger partial charge in [0.2, 0.25) is 0 Å². The summed E-state index contributed by atoms with van der Waals surface area (Å²) in [6.07, 6.45) is 0. The number of quaternary nitrogens is 1. The van der Waals surface area contributed by atoms with E-state index in [-0.39, 0.29) is 0 Å². The van der Waals surface area contributed by atoms with Gasteiger partial charge in [-0.15, -0.1) is 0 Å². The highest BCUT2D eigenvalue weighted by molar-refractivity contribution is 5.13. The molecule has 0 spiro atoms. The van der Waals surface area contributed by atoms with Crippen LogP contribution in [0.5, 0.6) is 0 Å². The molecule has 90 valence electrons. The maximum absolute atomic E-state index is 2.41. The Labute approximate surface area is 99.9 Å². The van der Waals surface area contributed by atoms with Crippen molar-refractivity contribution < 1.29 is 4.90 Å². The molecule has 2 nitrogen and oxygen atoms in total. The minimum absolute atomic E-state index is 1.19. The first-order chi connectivity index (χ1) is 7.84. The monoisotopic (exact) mass is 221 g/mol. The maximum atomic E-state index is 2.41. The van der Waals surface area contributed by atoms with E-state index in [1.54, 1.807) is 4.90 Å². The molecule has 0 aromatic heterocycles. The predicted octanol–water partition coefficient (Wildman–Crippen LogP) is 1.04. The molecule has 1 aliphatic rings. The average Bonchev–Trinajstić information content (AvgIpc) is 2.36. The van der Waals surface area contributed by atoms with Crippen molar-refractivity contribution in [3.05, 3.63) is 35.9 Å². The Balaban J connectivity index is 0.000000606. The lowest BCUT2D eigenvalue weighted by molar-refractivity contribution is -0.918. The Hall–Kier alpha value is -0.860. The minimum atomic E-state index is 1.19. The van der Waals surface area contributed by atoms with Crippen LogP contribution in [0.2, 0.25) is 0 Å². The molecule has 16 heavy (non-hydrogen) atoms. The van der Waals surface area contributed by atoms with E-state index in [1.165, 1.54) is 38.3 Å². The largest absolute Gasteiger partial charge is 0.329 e. The molecule has 0 unspecified atom stereocenters. The third-order valence-electron chi connectivity index (χ3n) is 2.99. The van der Waals surface area contributed by atoms with Crippen LogP contribution in [0.15, 0.2) is 30.3 Å². The first-order valence-electron chi connectivity index (χ1n) is 6.40. The van der Waals surface area contributed by atoms with Gasteiger partial charge in [-0.3, -0.25) is 4.90 Å². The highest BCUT2D eigenvalue weighted by Crippen LogP contribution is 1.95. The molecule has 0 bridgehead atoms. The van der Waals surface area contributed by atoms with Crippen molar-refractivity contribution in [1.29, 1.82) is 0 Å². The molecule has 1 aromatic rings. The van der Waals surface area contributed by atoms with Crippen molar-refractivity contribution in [3.63, 3.8) is 0 Å². The van der Waals surface area contributed by atoms with Gasteiger partial charge in [0, 0.05) is 18.7 Å². The van der Waals surface area contributed by atoms with Crippen molar-refractivity contribution >= 4 is 0 Å². The van der Waals surface area contributed by atoms with Crippen LogP contribution in [-0.2, 0) is 6.54 Å². The third kappa shape index (κ3) is 4.33. The lowest BCUT2D eigenvalue weighted by Crippen LogP contribution is -3.13. The van der Waals surface area contributed by atoms with Crippen molar-refractivity contribution in [2.45, 2.75) is 20.4 Å². The van der Waals surface area contributed by atoms with Gasteiger partial charge >= 0.3 is 0 Å². The average molecular weight is 221 g/mol. The molecular formula is C14H25N2+. The van der Waals surface area contributed by atoms with Crippen LogP contribution in [0.3, 0.4) is 0 Å². The summed E-state index contributed by atoms with van der Waals surface area (Å²) in [6.45, 7) is 10.2. The van der Waals surface area contributed by atoms with E-state index in [1.807, 2.05) is 13.8 Å². The zero-order chi connectivity index (χ0) is 11.8. The van der Waals surface area contributed by atoms with Crippen molar-refractivity contribution in [2.24, 2.45) is 0 Å². The zero-order valence-corrected chi connectivity index (χ0v) is 10.9. The highest BCUT2D eigenvalue weighted by Gasteiger charge is 2.16. The van der Waals surface area contributed by atoms with E-state index in [2.05, 4.69) is 42.3 Å². The summed E-state index contributed by atoms with van der Waals surface area (Å²) < 4.78 is 0. The molecule has 1 N–H and O–H groups in total. The molecule has 0 atom stereocenters. The number of nitrogens with zero attached hydrogens (tertiary/aromatic N) is 1. The molecule has 2 heteroatoms. The van der Waals surface area contributed by atoms with Crippen LogP contribution in [0.1, 0.15) is 19.4 Å². The van der Waals surface area contributed by atoms with Crippen molar-refractivity contribution in [3.8, 4) is 0 Å². The van der Waals surface area contributed by atoms with Gasteiger partial charge in [0.1, 0.15) is 6.54 Å². The van der Waals surface area contributed by atoms with E-state index in [9.17, 15) is 0 Å². The summed E-state index contributed by atoms with van der Waals surface area (Å²) in [7, 11) is 2.21. The second-order valence-electron chi connectivity index (χ2n) is 4.22. The number of benzene rings is 1. The molecule has 1 heterocycles. The molecular weight excluding hydrogens is 196 g/mol. The lowest BCUT2D eigenvalue weighted by atomic mass is 10.2. The second kappa shape index (κ2) is 7.42. The van der Waals surface area contributed by atoms with Gasteiger partial charge in [-0.2, -0.15) is 0 Å². The molecule has 0 radical (unpaired) electrons. The molecule has 0 saturated carbocycles. The number of likely N-dealkylation sites (N-methyl/N-ethyl adjacent to an activating group) is 1. The fourth-order valence-corrected chi connectivity index (χ4v) is 2.00. The zero-order valence-electron chi connectivity index (χ0n) is 10.9. The Kier molecular flexibility index (Phi) is 6.12. The van der Waals surface area contributed by atoms with Crippen molar-refractivity contribution in [1.82, 2.24) is 4.90 Å². The molecule has 2 rings (SSSR count). The summed E-state index contributed by atoms with van der Waals surface area (Å²) in [5.74, 6) is 0. The Bertz CT molecular complexity index is 263. The fourth-order valence-electron chi connectivity index (χ4n) is 2.00. The van der Waals surface area contributed by atoms with Crippen molar-refractivity contribution in [2.75, 3.05) is 33.2 Å². The van der Waals surface area contributed by atoms with E-state index in [0.717, 1.165) is 0 Å². The predicted molar refractivity (Wildman–Crippen MR) is 69.7 cm³/mol. The molecule has 1 fully saturated rings.